The Morgan fingerprint density at radius 1 is 1.24 bits per heavy atom. The van der Waals surface area contributed by atoms with Crippen molar-refractivity contribution < 1.29 is 9.59 Å². The number of halogens is 1. The quantitative estimate of drug-likeness (QED) is 0.294. The fraction of sp³-hybridized carbons (Fsp3) is 0.750. The van der Waals surface area contributed by atoms with Crippen LogP contribution in [0.2, 0.25) is 5.15 Å². The Morgan fingerprint density at radius 2 is 2.00 bits per heavy atom. The molecule has 7 nitrogen and oxygen atoms in total. The van der Waals surface area contributed by atoms with E-state index in [0.29, 0.717) is 48.8 Å². The van der Waals surface area contributed by atoms with Crippen molar-refractivity contribution >= 4 is 41.0 Å². The fourth-order valence-corrected chi connectivity index (χ4v) is 5.51. The molecule has 1 unspecified atom stereocenters. The van der Waals surface area contributed by atoms with Gasteiger partial charge in [-0.1, -0.05) is 62.9 Å². The third-order valence-electron chi connectivity index (χ3n) is 6.55. The molecule has 184 valence electrons. The van der Waals surface area contributed by atoms with Crippen LogP contribution in [0.15, 0.2) is 11.2 Å². The van der Waals surface area contributed by atoms with Crippen LogP contribution in [0, 0.1) is 11.8 Å². The molecular formula is C24H38ClN5O2S. The number of carbonyl (C=O) groups is 2. The number of rotatable bonds is 10. The molecule has 2 fully saturated rings. The van der Waals surface area contributed by atoms with Crippen molar-refractivity contribution in [3.8, 4) is 0 Å². The normalized spacial score (nSPS) is 19.4. The Hall–Kier alpha value is -1.54. The van der Waals surface area contributed by atoms with Crippen LogP contribution in [0.3, 0.4) is 0 Å². The molecule has 0 bridgehead atoms. The lowest BCUT2D eigenvalue weighted by molar-refractivity contribution is -0.134. The Kier molecular flexibility index (Phi) is 10.1. The number of thioether (sulfide) groups is 1. The largest absolute Gasteiger partial charge is 0.355 e. The van der Waals surface area contributed by atoms with Gasteiger partial charge in [0, 0.05) is 44.7 Å². The van der Waals surface area contributed by atoms with Gasteiger partial charge >= 0.3 is 0 Å². The van der Waals surface area contributed by atoms with Gasteiger partial charge < -0.3 is 15.1 Å². The zero-order valence-electron chi connectivity index (χ0n) is 20.2. The smallest absolute Gasteiger partial charge is 0.230 e. The first-order valence-corrected chi connectivity index (χ1v) is 13.7. The van der Waals surface area contributed by atoms with Crippen LogP contribution in [0.4, 0.5) is 5.82 Å². The van der Waals surface area contributed by atoms with Crippen LogP contribution in [0.5, 0.6) is 0 Å². The lowest BCUT2D eigenvalue weighted by Crippen LogP contribution is -2.54. The molecule has 0 radical (unpaired) electrons. The second kappa shape index (κ2) is 12.8. The second-order valence-electron chi connectivity index (χ2n) is 9.72. The highest BCUT2D eigenvalue weighted by Gasteiger charge is 2.29. The van der Waals surface area contributed by atoms with E-state index in [9.17, 15) is 9.59 Å². The minimum absolute atomic E-state index is 0.0240. The molecule has 0 aromatic carbocycles. The summed E-state index contributed by atoms with van der Waals surface area (Å²) in [5, 5.41) is 3.80. The zero-order valence-corrected chi connectivity index (χ0v) is 21.8. The highest BCUT2D eigenvalue weighted by Crippen LogP contribution is 2.29. The third-order valence-corrected chi connectivity index (χ3v) is 7.59. The molecular weight excluding hydrogens is 458 g/mol. The molecule has 3 rings (SSSR count). The average Bonchev–Trinajstić information content (AvgIpc) is 3.29. The number of hydrogen-bond acceptors (Lipinski definition) is 6. The maximum absolute atomic E-state index is 12.8. The van der Waals surface area contributed by atoms with Gasteiger partial charge in [0.2, 0.25) is 11.8 Å². The number of nitrogens with zero attached hydrogens (tertiary/aromatic N) is 4. The molecule has 1 aliphatic carbocycles. The molecule has 1 N–H and O–H groups in total. The minimum atomic E-state index is -0.0240. The Labute approximate surface area is 207 Å². The number of hydrogen-bond donors (Lipinski definition) is 1. The summed E-state index contributed by atoms with van der Waals surface area (Å²) in [6.07, 6.45) is 7.85. The van der Waals surface area contributed by atoms with Crippen LogP contribution in [-0.4, -0.2) is 64.7 Å². The predicted molar refractivity (Wildman–Crippen MR) is 135 cm³/mol. The van der Waals surface area contributed by atoms with E-state index in [1.807, 2.05) is 4.90 Å². The molecule has 1 aromatic heterocycles. The first kappa shape index (κ1) is 26.1. The third kappa shape index (κ3) is 8.32. The van der Waals surface area contributed by atoms with Crippen LogP contribution in [0.1, 0.15) is 65.7 Å². The molecule has 2 aliphatic rings. The van der Waals surface area contributed by atoms with Crippen molar-refractivity contribution in [2.24, 2.45) is 11.8 Å². The first-order valence-electron chi connectivity index (χ1n) is 12.3. The maximum atomic E-state index is 12.8. The second-order valence-corrected chi connectivity index (χ2v) is 11.1. The van der Waals surface area contributed by atoms with Gasteiger partial charge in [0.05, 0.1) is 5.75 Å². The summed E-state index contributed by atoms with van der Waals surface area (Å²) in [5.41, 5.74) is 0. The number of aromatic nitrogens is 2. The van der Waals surface area contributed by atoms with Gasteiger partial charge in [-0.3, -0.25) is 9.59 Å². The van der Waals surface area contributed by atoms with Crippen molar-refractivity contribution in [2.75, 3.05) is 36.8 Å². The monoisotopic (exact) mass is 495 g/mol. The van der Waals surface area contributed by atoms with Gasteiger partial charge in [-0.25, -0.2) is 9.97 Å². The van der Waals surface area contributed by atoms with Crippen LogP contribution in [-0.2, 0) is 9.59 Å². The van der Waals surface area contributed by atoms with E-state index in [4.69, 9.17) is 11.6 Å². The number of piperazine rings is 1. The Bertz CT molecular complexity index is 803. The van der Waals surface area contributed by atoms with E-state index in [0.717, 1.165) is 24.6 Å². The molecule has 1 aromatic rings. The van der Waals surface area contributed by atoms with Crippen molar-refractivity contribution in [2.45, 2.75) is 76.9 Å². The van der Waals surface area contributed by atoms with Gasteiger partial charge in [0.1, 0.15) is 11.0 Å². The van der Waals surface area contributed by atoms with Crippen LogP contribution in [0.25, 0.3) is 0 Å². The zero-order chi connectivity index (χ0) is 23.8. The number of amides is 2. The Morgan fingerprint density at radius 3 is 2.70 bits per heavy atom. The summed E-state index contributed by atoms with van der Waals surface area (Å²) < 4.78 is 0. The minimum Gasteiger partial charge on any atom is -0.355 e. The number of carbonyl (C=O) groups excluding carboxylic acids is 2. The highest BCUT2D eigenvalue weighted by molar-refractivity contribution is 7.99. The van der Waals surface area contributed by atoms with E-state index < -0.39 is 0 Å². The van der Waals surface area contributed by atoms with Crippen molar-refractivity contribution in [1.82, 2.24) is 20.2 Å². The maximum Gasteiger partial charge on any atom is 0.230 e. The molecule has 1 atom stereocenters. The van der Waals surface area contributed by atoms with Crippen LogP contribution < -0.4 is 10.2 Å². The summed E-state index contributed by atoms with van der Waals surface area (Å²) in [5.74, 6) is 2.56. The Balaban J connectivity index is 1.50. The van der Waals surface area contributed by atoms with E-state index in [1.165, 1.54) is 37.4 Å². The number of anilines is 1. The molecule has 1 aliphatic heterocycles. The summed E-state index contributed by atoms with van der Waals surface area (Å²) in [6.45, 7) is 9.16. The van der Waals surface area contributed by atoms with E-state index >= 15 is 0 Å². The molecule has 2 amide bonds. The standard InChI is InChI=1S/C24H38ClN5O2S/c1-17(2)10-11-26-22(31)16-33-24-27-20(25)14-21(28-24)29-12-13-30(18(3)15-29)23(32)9-8-19-6-4-5-7-19/h14,17-19H,4-13,15-16H2,1-3H3,(H,26,31). The van der Waals surface area contributed by atoms with Gasteiger partial charge in [-0.2, -0.15) is 0 Å². The van der Waals surface area contributed by atoms with Crippen molar-refractivity contribution in [3.63, 3.8) is 0 Å². The fourth-order valence-electron chi connectivity index (χ4n) is 4.60. The van der Waals surface area contributed by atoms with E-state index in [-0.39, 0.29) is 23.6 Å². The highest BCUT2D eigenvalue weighted by atomic mass is 35.5. The van der Waals surface area contributed by atoms with Gasteiger partial charge in [-0.05, 0) is 31.6 Å². The summed E-state index contributed by atoms with van der Waals surface area (Å²) in [4.78, 5) is 38.0. The molecule has 33 heavy (non-hydrogen) atoms. The van der Waals surface area contributed by atoms with Crippen molar-refractivity contribution in [3.05, 3.63) is 11.2 Å². The van der Waals surface area contributed by atoms with E-state index in [2.05, 4.69) is 41.0 Å². The topological polar surface area (TPSA) is 78.4 Å². The van der Waals surface area contributed by atoms with Gasteiger partial charge in [0.15, 0.2) is 5.16 Å². The summed E-state index contributed by atoms with van der Waals surface area (Å²) >= 11 is 7.56. The summed E-state index contributed by atoms with van der Waals surface area (Å²) in [6, 6.07) is 1.88. The first-order chi connectivity index (χ1) is 15.8. The molecule has 1 saturated heterocycles. The molecule has 0 spiro atoms. The summed E-state index contributed by atoms with van der Waals surface area (Å²) in [7, 11) is 0. The average molecular weight is 496 g/mol. The lowest BCUT2D eigenvalue weighted by atomic mass is 10.0. The van der Waals surface area contributed by atoms with Crippen molar-refractivity contribution in [1.29, 1.82) is 0 Å². The SMILES string of the molecule is CC(C)CCNC(=O)CSc1nc(Cl)cc(N2CCN(C(=O)CCC3CCCC3)C(C)C2)n1. The predicted octanol–water partition coefficient (Wildman–Crippen LogP) is 4.39. The number of nitrogens with one attached hydrogen (secondary N) is 1. The molecule has 9 heteroatoms. The van der Waals surface area contributed by atoms with E-state index in [1.54, 1.807) is 6.07 Å². The lowest BCUT2D eigenvalue weighted by Gasteiger charge is -2.40. The molecule has 1 saturated carbocycles. The van der Waals surface area contributed by atoms with Gasteiger partial charge in [-0.15, -0.1) is 0 Å². The van der Waals surface area contributed by atoms with Crippen LogP contribution >= 0.6 is 23.4 Å². The molecule has 2 heterocycles. The van der Waals surface area contributed by atoms with Gasteiger partial charge in [0.25, 0.3) is 0 Å².